The Kier molecular flexibility index (Phi) is 3.40. The smallest absolute Gasteiger partial charge is 0.111 e. The number of hydrogen-bond acceptors (Lipinski definition) is 4. The third-order valence-electron chi connectivity index (χ3n) is 9.94. The van der Waals surface area contributed by atoms with Gasteiger partial charge >= 0.3 is 0 Å². The summed E-state index contributed by atoms with van der Waals surface area (Å²) in [7, 11) is 0. The second-order valence-corrected chi connectivity index (χ2v) is 10.4. The van der Waals surface area contributed by atoms with Gasteiger partial charge in [-0.05, 0) is 74.5 Å². The minimum absolute atomic E-state index is 0.0486. The largest absolute Gasteiger partial charge is 0.394 e. The Morgan fingerprint density at radius 1 is 0.920 bits per heavy atom. The molecule has 0 aromatic rings. The molecule has 4 saturated carbocycles. The average molecular weight is 350 g/mol. The van der Waals surface area contributed by atoms with Crippen molar-refractivity contribution < 1.29 is 20.1 Å². The van der Waals surface area contributed by atoms with E-state index in [0.29, 0.717) is 24.2 Å². The Morgan fingerprint density at radius 3 is 2.32 bits per heavy atom. The Balaban J connectivity index is 1.46. The molecule has 0 unspecified atom stereocenters. The number of aliphatic hydroxyl groups excluding tert-OH is 2. The lowest BCUT2D eigenvalue weighted by Gasteiger charge is -2.63. The Bertz CT molecular complexity index is 580. The lowest BCUT2D eigenvalue weighted by Crippen LogP contribution is -2.63. The summed E-state index contributed by atoms with van der Waals surface area (Å²) >= 11 is 0. The Labute approximate surface area is 151 Å². The molecule has 0 amide bonds. The average Bonchev–Trinajstić information content (AvgIpc) is 3.22. The zero-order valence-corrected chi connectivity index (χ0v) is 15.7. The van der Waals surface area contributed by atoms with Crippen LogP contribution >= 0.6 is 0 Å². The molecule has 5 aliphatic rings. The second kappa shape index (κ2) is 5.01. The van der Waals surface area contributed by atoms with E-state index in [1.54, 1.807) is 0 Å². The first-order chi connectivity index (χ1) is 11.8. The Morgan fingerprint density at radius 2 is 1.60 bits per heavy atom. The van der Waals surface area contributed by atoms with Gasteiger partial charge in [-0.1, -0.05) is 13.8 Å². The summed E-state index contributed by atoms with van der Waals surface area (Å²) in [6.45, 7) is 4.89. The van der Waals surface area contributed by atoms with Gasteiger partial charge < -0.3 is 20.1 Å². The monoisotopic (exact) mass is 350 g/mol. The van der Waals surface area contributed by atoms with Crippen LogP contribution in [0, 0.1) is 28.6 Å². The lowest BCUT2D eigenvalue weighted by atomic mass is 9.43. The van der Waals surface area contributed by atoms with Crippen LogP contribution in [0.4, 0.5) is 0 Å². The Hall–Kier alpha value is -0.160. The molecule has 0 radical (unpaired) electrons. The highest BCUT2D eigenvalue weighted by molar-refractivity contribution is 5.23. The predicted molar refractivity (Wildman–Crippen MR) is 93.9 cm³/mol. The summed E-state index contributed by atoms with van der Waals surface area (Å²) < 4.78 is 6.10. The van der Waals surface area contributed by atoms with Crippen LogP contribution in [-0.2, 0) is 4.74 Å². The molecule has 25 heavy (non-hydrogen) atoms. The number of hydrogen-bond donors (Lipinski definition) is 3. The highest BCUT2D eigenvalue weighted by Gasteiger charge is 2.75. The minimum atomic E-state index is -0.681. The maximum atomic E-state index is 11.4. The first kappa shape index (κ1) is 17.0. The quantitative estimate of drug-likeness (QED) is 0.636. The van der Waals surface area contributed by atoms with Crippen molar-refractivity contribution in [3.63, 3.8) is 0 Å². The van der Waals surface area contributed by atoms with E-state index in [1.165, 1.54) is 6.42 Å². The summed E-state index contributed by atoms with van der Waals surface area (Å²) in [5.74, 6) is 1.90. The van der Waals surface area contributed by atoms with Gasteiger partial charge in [-0.25, -0.2) is 0 Å². The van der Waals surface area contributed by atoms with E-state index in [-0.39, 0.29) is 35.2 Å². The molecule has 0 aromatic heterocycles. The maximum absolute atomic E-state index is 11.4. The van der Waals surface area contributed by atoms with Gasteiger partial charge in [0.2, 0.25) is 0 Å². The zero-order valence-electron chi connectivity index (χ0n) is 15.7. The molecule has 4 heteroatoms. The third kappa shape index (κ3) is 1.88. The first-order valence-corrected chi connectivity index (χ1v) is 10.5. The highest BCUT2D eigenvalue weighted by atomic mass is 16.6. The van der Waals surface area contributed by atoms with Gasteiger partial charge in [0, 0.05) is 11.8 Å². The number of rotatable bonds is 1. The van der Waals surface area contributed by atoms with Crippen molar-refractivity contribution in [3.05, 3.63) is 0 Å². The van der Waals surface area contributed by atoms with Crippen molar-refractivity contribution >= 4 is 0 Å². The molecule has 0 bridgehead atoms. The number of aliphatic hydroxyl groups is 3. The molecule has 3 N–H and O–H groups in total. The minimum Gasteiger partial charge on any atom is -0.394 e. The lowest BCUT2D eigenvalue weighted by molar-refractivity contribution is -0.220. The van der Waals surface area contributed by atoms with Crippen LogP contribution in [0.25, 0.3) is 0 Å². The molecule has 4 aliphatic carbocycles. The van der Waals surface area contributed by atoms with Crippen LogP contribution in [0.15, 0.2) is 0 Å². The predicted octanol–water partition coefficient (Wildman–Crippen LogP) is 2.63. The molecule has 0 aromatic carbocycles. The van der Waals surface area contributed by atoms with Crippen molar-refractivity contribution in [2.24, 2.45) is 28.6 Å². The summed E-state index contributed by atoms with van der Waals surface area (Å²) in [5, 5.41) is 31.2. The van der Waals surface area contributed by atoms with Crippen LogP contribution in [0.5, 0.6) is 0 Å². The fraction of sp³-hybridized carbons (Fsp3) is 1.00. The van der Waals surface area contributed by atoms with Gasteiger partial charge in [0.15, 0.2) is 0 Å². The molecule has 1 heterocycles. The molecule has 9 atom stereocenters. The molecule has 142 valence electrons. The highest BCUT2D eigenvalue weighted by Crippen LogP contribution is 2.73. The van der Waals surface area contributed by atoms with Gasteiger partial charge in [0.25, 0.3) is 0 Å². The third-order valence-corrected chi connectivity index (χ3v) is 9.94. The standard InChI is InChI=1S/C21H34O4/c1-18-7-3-13(23)11-20(18,24)9-4-14-15(18)5-8-19(2)16(14)6-10-21(19)17(12-22)25-21/h13-17,22-24H,3-12H2,1-2H3/t13-,14+,15-,16+,17-,18-,19+,20-,21-/m1/s1. The maximum Gasteiger partial charge on any atom is 0.111 e. The number of fused-ring (bicyclic) bond motifs is 6. The second-order valence-electron chi connectivity index (χ2n) is 10.4. The van der Waals surface area contributed by atoms with Crippen LogP contribution in [0.2, 0.25) is 0 Å². The molecular formula is C21H34O4. The van der Waals surface area contributed by atoms with Crippen molar-refractivity contribution in [1.82, 2.24) is 0 Å². The van der Waals surface area contributed by atoms with Crippen LogP contribution < -0.4 is 0 Å². The van der Waals surface area contributed by atoms with Crippen molar-refractivity contribution in [2.75, 3.05) is 6.61 Å². The first-order valence-electron chi connectivity index (χ1n) is 10.5. The summed E-state index contributed by atoms with van der Waals surface area (Å²) in [4.78, 5) is 0. The van der Waals surface area contributed by atoms with Crippen molar-refractivity contribution in [2.45, 2.75) is 95.0 Å². The van der Waals surface area contributed by atoms with Gasteiger partial charge in [-0.2, -0.15) is 0 Å². The van der Waals surface area contributed by atoms with Crippen LogP contribution in [0.3, 0.4) is 0 Å². The summed E-state index contributed by atoms with van der Waals surface area (Å²) in [5.41, 5.74) is -0.594. The van der Waals surface area contributed by atoms with Crippen LogP contribution in [-0.4, -0.2) is 45.3 Å². The van der Waals surface area contributed by atoms with E-state index in [1.807, 2.05) is 0 Å². The molecule has 5 fully saturated rings. The zero-order chi connectivity index (χ0) is 17.7. The van der Waals surface area contributed by atoms with Gasteiger partial charge in [-0.15, -0.1) is 0 Å². The van der Waals surface area contributed by atoms with Gasteiger partial charge in [0.05, 0.1) is 18.3 Å². The number of ether oxygens (including phenoxy) is 1. The van der Waals surface area contributed by atoms with E-state index in [0.717, 1.165) is 44.9 Å². The number of epoxide rings is 1. The molecule has 5 rings (SSSR count). The topological polar surface area (TPSA) is 73.2 Å². The molecule has 4 nitrogen and oxygen atoms in total. The van der Waals surface area contributed by atoms with E-state index < -0.39 is 5.60 Å². The van der Waals surface area contributed by atoms with E-state index in [2.05, 4.69) is 13.8 Å². The summed E-state index contributed by atoms with van der Waals surface area (Å²) in [6.07, 6.45) is 8.64. The van der Waals surface area contributed by atoms with Crippen molar-refractivity contribution in [3.8, 4) is 0 Å². The fourth-order valence-electron chi connectivity index (χ4n) is 8.39. The SMILES string of the molecule is C[C@]12CC[C@@H]3[C@H](CC[C@@]4(O)C[C@H](O)CC[C@]34C)[C@@H]1CC[C@]21O[C@@H]1CO. The normalized spacial score (nSPS) is 63.0. The molecular weight excluding hydrogens is 316 g/mol. The summed E-state index contributed by atoms with van der Waals surface area (Å²) in [6, 6.07) is 0. The van der Waals surface area contributed by atoms with Gasteiger partial charge in [-0.3, -0.25) is 0 Å². The van der Waals surface area contributed by atoms with E-state index in [4.69, 9.17) is 4.74 Å². The fourth-order valence-corrected chi connectivity index (χ4v) is 8.39. The molecule has 1 aliphatic heterocycles. The van der Waals surface area contributed by atoms with Gasteiger partial charge in [0.1, 0.15) is 11.7 Å². The van der Waals surface area contributed by atoms with E-state index >= 15 is 0 Å². The van der Waals surface area contributed by atoms with Crippen molar-refractivity contribution in [1.29, 1.82) is 0 Å². The molecule has 1 saturated heterocycles. The van der Waals surface area contributed by atoms with Crippen LogP contribution in [0.1, 0.15) is 71.6 Å². The molecule has 1 spiro atoms. The van der Waals surface area contributed by atoms with E-state index in [9.17, 15) is 15.3 Å².